The second-order valence-corrected chi connectivity index (χ2v) is 7.23. The van der Waals surface area contributed by atoms with Gasteiger partial charge in [0.2, 0.25) is 5.91 Å². The van der Waals surface area contributed by atoms with Gasteiger partial charge in [-0.3, -0.25) is 9.69 Å². The predicted octanol–water partition coefficient (Wildman–Crippen LogP) is 3.20. The molecule has 1 saturated heterocycles. The Balaban J connectivity index is 1.50. The number of carbonyl (C=O) groups excluding carboxylic acids is 1. The molecular weight excluding hydrogens is 296 g/mol. The number of nitrogens with zero attached hydrogens (tertiary/aromatic N) is 1. The lowest BCUT2D eigenvalue weighted by atomic mass is 9.86. The molecule has 3 heteroatoms. The Morgan fingerprint density at radius 2 is 1.83 bits per heavy atom. The van der Waals surface area contributed by atoms with Crippen LogP contribution in [0.2, 0.25) is 0 Å². The van der Waals surface area contributed by atoms with Gasteiger partial charge < -0.3 is 5.73 Å². The fourth-order valence-corrected chi connectivity index (χ4v) is 4.91. The number of piperidine rings is 1. The third kappa shape index (κ3) is 2.35. The zero-order chi connectivity index (χ0) is 16.7. The van der Waals surface area contributed by atoms with Crippen molar-refractivity contribution >= 4 is 5.91 Å². The lowest BCUT2D eigenvalue weighted by Crippen LogP contribution is -2.30. The summed E-state index contributed by atoms with van der Waals surface area (Å²) in [6, 6.07) is 18.7. The van der Waals surface area contributed by atoms with E-state index in [-0.39, 0.29) is 11.3 Å². The molecule has 3 nitrogen and oxygen atoms in total. The summed E-state index contributed by atoms with van der Waals surface area (Å²) in [6.07, 6.45) is 1.13. The Hall–Kier alpha value is -2.13. The van der Waals surface area contributed by atoms with Gasteiger partial charge in [-0.1, -0.05) is 49.4 Å². The second-order valence-electron chi connectivity index (χ2n) is 7.23. The van der Waals surface area contributed by atoms with Gasteiger partial charge in [-0.2, -0.15) is 0 Å². The monoisotopic (exact) mass is 320 g/mol. The minimum Gasteiger partial charge on any atom is -0.366 e. The first-order valence-corrected chi connectivity index (χ1v) is 8.81. The Bertz CT molecular complexity index is 743. The fourth-order valence-electron chi connectivity index (χ4n) is 4.91. The number of carbonyl (C=O) groups is 1. The number of hydrogen-bond acceptors (Lipinski definition) is 2. The van der Waals surface area contributed by atoms with Crippen LogP contribution in [0.15, 0.2) is 54.6 Å². The molecule has 0 aromatic heterocycles. The van der Waals surface area contributed by atoms with Crippen molar-refractivity contribution in [3.05, 3.63) is 71.3 Å². The fraction of sp³-hybridized carbons (Fsp3) is 0.381. The van der Waals surface area contributed by atoms with E-state index in [2.05, 4.69) is 48.2 Å². The highest BCUT2D eigenvalue weighted by molar-refractivity contribution is 5.93. The summed E-state index contributed by atoms with van der Waals surface area (Å²) in [5.41, 5.74) is 9.03. The van der Waals surface area contributed by atoms with Crippen molar-refractivity contribution in [3.63, 3.8) is 0 Å². The molecule has 4 rings (SSSR count). The molecule has 2 aromatic rings. The highest BCUT2D eigenvalue weighted by Crippen LogP contribution is 2.65. The van der Waals surface area contributed by atoms with Gasteiger partial charge in [-0.05, 0) is 41.5 Å². The Labute approximate surface area is 143 Å². The second kappa shape index (κ2) is 5.75. The maximum atomic E-state index is 11.5. The van der Waals surface area contributed by atoms with Crippen LogP contribution in [0.1, 0.15) is 34.8 Å². The molecule has 24 heavy (non-hydrogen) atoms. The van der Waals surface area contributed by atoms with Crippen LogP contribution in [-0.2, 0) is 12.0 Å². The van der Waals surface area contributed by atoms with Crippen LogP contribution >= 0.6 is 0 Å². The number of likely N-dealkylation sites (tertiary alicyclic amines) is 1. The minimum absolute atomic E-state index is 0.249. The number of amides is 1. The van der Waals surface area contributed by atoms with Crippen molar-refractivity contribution in [2.75, 3.05) is 13.1 Å². The predicted molar refractivity (Wildman–Crippen MR) is 95.6 cm³/mol. The average molecular weight is 320 g/mol. The van der Waals surface area contributed by atoms with Crippen LogP contribution in [0.25, 0.3) is 0 Å². The molecule has 1 aliphatic carbocycles. The summed E-state index contributed by atoms with van der Waals surface area (Å²) in [4.78, 5) is 14.1. The molecule has 1 saturated carbocycles. The van der Waals surface area contributed by atoms with Gasteiger partial charge >= 0.3 is 0 Å². The molecule has 2 aliphatic rings. The quantitative estimate of drug-likeness (QED) is 0.919. The maximum absolute atomic E-state index is 11.5. The molecule has 124 valence electrons. The number of fused-ring (bicyclic) bond motifs is 1. The molecule has 0 radical (unpaired) electrons. The first kappa shape index (κ1) is 15.4. The van der Waals surface area contributed by atoms with Crippen molar-refractivity contribution in [2.24, 2.45) is 17.6 Å². The molecule has 2 aromatic carbocycles. The minimum atomic E-state index is -0.334. The number of nitrogens with two attached hydrogens (primary N) is 1. The van der Waals surface area contributed by atoms with Gasteiger partial charge in [0.1, 0.15) is 0 Å². The number of benzene rings is 2. The molecule has 1 heterocycles. The van der Waals surface area contributed by atoms with Gasteiger partial charge in [0, 0.05) is 30.6 Å². The van der Waals surface area contributed by atoms with E-state index in [1.54, 1.807) is 0 Å². The molecule has 0 bridgehead atoms. The Morgan fingerprint density at radius 3 is 2.46 bits per heavy atom. The molecule has 2 unspecified atom stereocenters. The van der Waals surface area contributed by atoms with Crippen LogP contribution in [0.5, 0.6) is 0 Å². The highest BCUT2D eigenvalue weighted by atomic mass is 16.1. The first-order chi connectivity index (χ1) is 11.6. The Morgan fingerprint density at radius 1 is 1.12 bits per heavy atom. The Kier molecular flexibility index (Phi) is 3.69. The van der Waals surface area contributed by atoms with Crippen molar-refractivity contribution in [1.82, 2.24) is 4.90 Å². The molecule has 0 spiro atoms. The SMILES string of the molecule is CCC1(c2cccc(C(N)=O)c2)C2CN(Cc3ccccc3)CC21. The van der Waals surface area contributed by atoms with Gasteiger partial charge in [0.05, 0.1) is 0 Å². The molecule has 2 atom stereocenters. The molecule has 1 amide bonds. The normalized spacial score (nSPS) is 28.5. The van der Waals surface area contributed by atoms with Gasteiger partial charge in [-0.15, -0.1) is 0 Å². The summed E-state index contributed by atoms with van der Waals surface area (Å²) in [7, 11) is 0. The van der Waals surface area contributed by atoms with E-state index < -0.39 is 0 Å². The smallest absolute Gasteiger partial charge is 0.248 e. The van der Waals surface area contributed by atoms with E-state index in [0.29, 0.717) is 17.4 Å². The summed E-state index contributed by atoms with van der Waals surface area (Å²) in [6.45, 7) is 5.61. The standard InChI is InChI=1S/C21H24N2O/c1-2-21(17-10-6-9-16(11-17)20(22)24)18-13-23(14-19(18)21)12-15-7-4-3-5-8-15/h3-11,18-19H,2,12-14H2,1H3,(H2,22,24). The topological polar surface area (TPSA) is 46.3 Å². The third-order valence-corrected chi connectivity index (χ3v) is 6.13. The van der Waals surface area contributed by atoms with Crippen LogP contribution in [0.3, 0.4) is 0 Å². The number of primary amides is 1. The van der Waals surface area contributed by atoms with Gasteiger partial charge in [-0.25, -0.2) is 0 Å². The van der Waals surface area contributed by atoms with E-state index in [4.69, 9.17) is 5.73 Å². The van der Waals surface area contributed by atoms with Crippen LogP contribution in [-0.4, -0.2) is 23.9 Å². The van der Waals surface area contributed by atoms with E-state index in [1.165, 1.54) is 11.1 Å². The van der Waals surface area contributed by atoms with Crippen molar-refractivity contribution < 1.29 is 4.79 Å². The van der Waals surface area contributed by atoms with E-state index in [0.717, 1.165) is 26.1 Å². The summed E-state index contributed by atoms with van der Waals surface area (Å²) in [5, 5.41) is 0. The van der Waals surface area contributed by atoms with Crippen molar-refractivity contribution in [3.8, 4) is 0 Å². The van der Waals surface area contributed by atoms with E-state index in [9.17, 15) is 4.79 Å². The summed E-state index contributed by atoms with van der Waals surface area (Å²) < 4.78 is 0. The van der Waals surface area contributed by atoms with E-state index >= 15 is 0 Å². The zero-order valence-corrected chi connectivity index (χ0v) is 14.1. The lowest BCUT2D eigenvalue weighted by Gasteiger charge is -2.26. The molecule has 2 N–H and O–H groups in total. The maximum Gasteiger partial charge on any atom is 0.248 e. The van der Waals surface area contributed by atoms with Gasteiger partial charge in [0.25, 0.3) is 0 Å². The van der Waals surface area contributed by atoms with Crippen LogP contribution in [0, 0.1) is 11.8 Å². The zero-order valence-electron chi connectivity index (χ0n) is 14.1. The number of hydrogen-bond donors (Lipinski definition) is 1. The first-order valence-electron chi connectivity index (χ1n) is 8.81. The van der Waals surface area contributed by atoms with E-state index in [1.807, 2.05) is 18.2 Å². The molecule has 1 aliphatic heterocycles. The summed E-state index contributed by atoms with van der Waals surface area (Å²) in [5.74, 6) is 1.07. The largest absolute Gasteiger partial charge is 0.366 e. The average Bonchev–Trinajstić information content (AvgIpc) is 2.99. The highest BCUT2D eigenvalue weighted by Gasteiger charge is 2.67. The van der Waals surface area contributed by atoms with Crippen LogP contribution in [0.4, 0.5) is 0 Å². The summed E-state index contributed by atoms with van der Waals surface area (Å²) >= 11 is 0. The number of rotatable bonds is 5. The molecular formula is C21H24N2O. The van der Waals surface area contributed by atoms with Crippen molar-refractivity contribution in [2.45, 2.75) is 25.3 Å². The van der Waals surface area contributed by atoms with Crippen molar-refractivity contribution in [1.29, 1.82) is 0 Å². The van der Waals surface area contributed by atoms with Crippen LogP contribution < -0.4 is 5.73 Å². The molecule has 2 fully saturated rings. The van der Waals surface area contributed by atoms with Gasteiger partial charge in [0.15, 0.2) is 0 Å². The lowest BCUT2D eigenvalue weighted by molar-refractivity contribution is 0.1000. The third-order valence-electron chi connectivity index (χ3n) is 6.13.